The molecule has 0 spiro atoms. The molecule has 1 saturated heterocycles. The SMILES string of the molecule is CC1CCN(Cc2nc(C(=O)NC(C)C)cs2)CC1. The largest absolute Gasteiger partial charge is 0.349 e. The number of carbonyl (C=O) groups is 1. The van der Waals surface area contributed by atoms with E-state index in [4.69, 9.17) is 0 Å². The van der Waals surface area contributed by atoms with E-state index in [0.29, 0.717) is 5.69 Å². The number of nitrogens with zero attached hydrogens (tertiary/aromatic N) is 2. The molecule has 1 aromatic rings. The molecule has 1 aliphatic heterocycles. The summed E-state index contributed by atoms with van der Waals surface area (Å²) in [5.74, 6) is 0.782. The van der Waals surface area contributed by atoms with Crippen molar-refractivity contribution >= 4 is 17.2 Å². The van der Waals surface area contributed by atoms with Crippen LogP contribution in [0.5, 0.6) is 0 Å². The fourth-order valence-electron chi connectivity index (χ4n) is 2.24. The van der Waals surface area contributed by atoms with Crippen LogP contribution in [0.1, 0.15) is 49.1 Å². The minimum Gasteiger partial charge on any atom is -0.349 e. The lowest BCUT2D eigenvalue weighted by molar-refractivity contribution is 0.0938. The summed E-state index contributed by atoms with van der Waals surface area (Å²) in [6.07, 6.45) is 2.54. The fraction of sp³-hybridized carbons (Fsp3) is 0.714. The third-order valence-corrected chi connectivity index (χ3v) is 4.27. The van der Waals surface area contributed by atoms with Gasteiger partial charge in [-0.05, 0) is 45.7 Å². The standard InChI is InChI=1S/C14H23N3OS/c1-10(2)15-14(18)12-9-19-13(16-12)8-17-6-4-11(3)5-7-17/h9-11H,4-8H2,1-3H3,(H,15,18). The Kier molecular flexibility index (Phi) is 4.93. The Hall–Kier alpha value is -0.940. The number of nitrogens with one attached hydrogen (secondary N) is 1. The lowest BCUT2D eigenvalue weighted by Crippen LogP contribution is -2.32. The van der Waals surface area contributed by atoms with Crippen molar-refractivity contribution in [2.75, 3.05) is 13.1 Å². The van der Waals surface area contributed by atoms with Crippen LogP contribution in [0.15, 0.2) is 5.38 Å². The summed E-state index contributed by atoms with van der Waals surface area (Å²) in [5, 5.41) is 5.78. The third kappa shape index (κ3) is 4.28. The van der Waals surface area contributed by atoms with Crippen LogP contribution in [0.3, 0.4) is 0 Å². The summed E-state index contributed by atoms with van der Waals surface area (Å²) < 4.78 is 0. The molecule has 0 aromatic carbocycles. The van der Waals surface area contributed by atoms with Gasteiger partial charge in [-0.3, -0.25) is 9.69 Å². The van der Waals surface area contributed by atoms with Gasteiger partial charge in [0.15, 0.2) is 0 Å². The average molecular weight is 281 g/mol. The quantitative estimate of drug-likeness (QED) is 0.922. The lowest BCUT2D eigenvalue weighted by atomic mass is 9.99. The van der Waals surface area contributed by atoms with E-state index in [1.54, 1.807) is 11.3 Å². The second-order valence-electron chi connectivity index (χ2n) is 5.71. The van der Waals surface area contributed by atoms with E-state index in [2.05, 4.69) is 22.1 Å². The van der Waals surface area contributed by atoms with Crippen LogP contribution in [0.4, 0.5) is 0 Å². The van der Waals surface area contributed by atoms with Crippen molar-refractivity contribution in [1.82, 2.24) is 15.2 Å². The van der Waals surface area contributed by atoms with Crippen LogP contribution < -0.4 is 5.32 Å². The van der Waals surface area contributed by atoms with Gasteiger partial charge >= 0.3 is 0 Å². The first-order valence-electron chi connectivity index (χ1n) is 7.02. The molecule has 0 radical (unpaired) electrons. The normalized spacial score (nSPS) is 17.9. The first kappa shape index (κ1) is 14.5. The molecule has 5 heteroatoms. The number of piperidine rings is 1. The molecular weight excluding hydrogens is 258 g/mol. The summed E-state index contributed by atoms with van der Waals surface area (Å²) in [6.45, 7) is 9.41. The van der Waals surface area contributed by atoms with Crippen molar-refractivity contribution < 1.29 is 4.79 Å². The molecule has 4 nitrogen and oxygen atoms in total. The number of amides is 1. The van der Waals surface area contributed by atoms with E-state index >= 15 is 0 Å². The van der Waals surface area contributed by atoms with Gasteiger partial charge < -0.3 is 5.32 Å². The fourth-order valence-corrected chi connectivity index (χ4v) is 3.05. The van der Waals surface area contributed by atoms with E-state index in [1.165, 1.54) is 12.8 Å². The van der Waals surface area contributed by atoms with E-state index in [-0.39, 0.29) is 11.9 Å². The van der Waals surface area contributed by atoms with Gasteiger partial charge in [0.05, 0.1) is 6.54 Å². The summed E-state index contributed by atoms with van der Waals surface area (Å²) in [6, 6.07) is 0.154. The van der Waals surface area contributed by atoms with Crippen LogP contribution in [0.2, 0.25) is 0 Å². The Labute approximate surface area is 119 Å². The van der Waals surface area contributed by atoms with Gasteiger partial charge in [0.25, 0.3) is 5.91 Å². The highest BCUT2D eigenvalue weighted by Gasteiger charge is 2.18. The van der Waals surface area contributed by atoms with Crippen molar-refractivity contribution in [2.24, 2.45) is 5.92 Å². The third-order valence-electron chi connectivity index (χ3n) is 3.44. The summed E-state index contributed by atoms with van der Waals surface area (Å²) in [4.78, 5) is 18.7. The Morgan fingerprint density at radius 2 is 2.21 bits per heavy atom. The number of hydrogen-bond donors (Lipinski definition) is 1. The molecule has 1 fully saturated rings. The topological polar surface area (TPSA) is 45.2 Å². The second-order valence-corrected chi connectivity index (χ2v) is 6.66. The van der Waals surface area contributed by atoms with Gasteiger partial charge in [0.1, 0.15) is 10.7 Å². The molecule has 1 aliphatic rings. The van der Waals surface area contributed by atoms with Gasteiger partial charge in [-0.2, -0.15) is 0 Å². The molecular formula is C14H23N3OS. The molecule has 0 bridgehead atoms. The molecule has 106 valence electrons. The molecule has 0 saturated carbocycles. The van der Waals surface area contributed by atoms with Crippen molar-refractivity contribution in [1.29, 1.82) is 0 Å². The molecule has 1 aromatic heterocycles. The molecule has 0 unspecified atom stereocenters. The van der Waals surface area contributed by atoms with Crippen molar-refractivity contribution in [3.63, 3.8) is 0 Å². The van der Waals surface area contributed by atoms with Crippen LogP contribution in [0, 0.1) is 5.92 Å². The smallest absolute Gasteiger partial charge is 0.270 e. The number of rotatable bonds is 4. The zero-order chi connectivity index (χ0) is 13.8. The zero-order valence-electron chi connectivity index (χ0n) is 12.0. The molecule has 0 atom stereocenters. The van der Waals surface area contributed by atoms with Crippen LogP contribution in [0.25, 0.3) is 0 Å². The monoisotopic (exact) mass is 281 g/mol. The molecule has 19 heavy (non-hydrogen) atoms. The molecule has 2 rings (SSSR count). The van der Waals surface area contributed by atoms with Crippen molar-refractivity contribution in [3.05, 3.63) is 16.1 Å². The molecule has 0 aliphatic carbocycles. The maximum Gasteiger partial charge on any atom is 0.270 e. The number of thiazole rings is 1. The minimum atomic E-state index is -0.0650. The number of hydrogen-bond acceptors (Lipinski definition) is 4. The van der Waals surface area contributed by atoms with Gasteiger partial charge in [0, 0.05) is 11.4 Å². The Morgan fingerprint density at radius 3 is 2.84 bits per heavy atom. The maximum absolute atomic E-state index is 11.8. The van der Waals surface area contributed by atoms with Gasteiger partial charge in [-0.25, -0.2) is 4.98 Å². The summed E-state index contributed by atoms with van der Waals surface area (Å²) in [7, 11) is 0. The van der Waals surface area contributed by atoms with Gasteiger partial charge in [-0.15, -0.1) is 11.3 Å². The zero-order valence-corrected chi connectivity index (χ0v) is 12.8. The van der Waals surface area contributed by atoms with Crippen LogP contribution in [-0.4, -0.2) is 34.9 Å². The van der Waals surface area contributed by atoms with Crippen molar-refractivity contribution in [2.45, 2.75) is 46.2 Å². The molecule has 1 N–H and O–H groups in total. The van der Waals surface area contributed by atoms with Gasteiger partial charge in [-0.1, -0.05) is 6.92 Å². The second kappa shape index (κ2) is 6.48. The first-order valence-corrected chi connectivity index (χ1v) is 7.90. The number of carbonyl (C=O) groups excluding carboxylic acids is 1. The van der Waals surface area contributed by atoms with E-state index in [1.807, 2.05) is 19.2 Å². The first-order chi connectivity index (χ1) is 9.04. The Morgan fingerprint density at radius 1 is 1.53 bits per heavy atom. The minimum absolute atomic E-state index is 0.0650. The van der Waals surface area contributed by atoms with Crippen LogP contribution >= 0.6 is 11.3 Å². The number of likely N-dealkylation sites (tertiary alicyclic amines) is 1. The highest BCUT2D eigenvalue weighted by molar-refractivity contribution is 7.09. The Balaban J connectivity index is 1.88. The van der Waals surface area contributed by atoms with E-state index in [9.17, 15) is 4.79 Å². The maximum atomic E-state index is 11.8. The predicted molar refractivity (Wildman–Crippen MR) is 78.4 cm³/mol. The average Bonchev–Trinajstić information content (AvgIpc) is 2.80. The molecule has 2 heterocycles. The van der Waals surface area contributed by atoms with Crippen molar-refractivity contribution in [3.8, 4) is 0 Å². The Bertz CT molecular complexity index is 422. The van der Waals surface area contributed by atoms with Crippen LogP contribution in [-0.2, 0) is 6.54 Å². The summed E-state index contributed by atoms with van der Waals surface area (Å²) in [5.41, 5.74) is 0.555. The summed E-state index contributed by atoms with van der Waals surface area (Å²) >= 11 is 1.59. The lowest BCUT2D eigenvalue weighted by Gasteiger charge is -2.29. The van der Waals surface area contributed by atoms with Gasteiger partial charge in [0.2, 0.25) is 0 Å². The number of aromatic nitrogens is 1. The highest BCUT2D eigenvalue weighted by Crippen LogP contribution is 2.19. The van der Waals surface area contributed by atoms with E-state index in [0.717, 1.165) is 30.6 Å². The highest BCUT2D eigenvalue weighted by atomic mass is 32.1. The predicted octanol–water partition coefficient (Wildman–Crippen LogP) is 2.51. The van der Waals surface area contributed by atoms with E-state index < -0.39 is 0 Å². The molecule has 1 amide bonds.